The van der Waals surface area contributed by atoms with E-state index in [0.717, 1.165) is 12.2 Å². The monoisotopic (exact) mass is 248 g/mol. The van der Waals surface area contributed by atoms with Crippen LogP contribution in [0.4, 0.5) is 4.79 Å². The topological polar surface area (TPSA) is 78.4 Å². The number of carboxylic acids is 1. The quantitative estimate of drug-likeness (QED) is 0.634. The maximum Gasteiger partial charge on any atom is 0.326 e. The number of carboxylic acid groups (broad SMARTS) is 1. The predicted octanol–water partition coefficient (Wildman–Crippen LogP) is 1.29. The van der Waals surface area contributed by atoms with Crippen molar-refractivity contribution in [3.63, 3.8) is 0 Å². The van der Waals surface area contributed by atoms with E-state index in [4.69, 9.17) is 5.11 Å². The highest BCUT2D eigenvalue weighted by atomic mass is 32.2. The lowest BCUT2D eigenvalue weighted by molar-refractivity contribution is -0.139. The number of nitrogens with one attached hydrogen (secondary N) is 2. The van der Waals surface area contributed by atoms with Crippen molar-refractivity contribution < 1.29 is 14.7 Å². The molecule has 0 aromatic rings. The summed E-state index contributed by atoms with van der Waals surface area (Å²) in [6, 6.07) is -1.17. The summed E-state index contributed by atoms with van der Waals surface area (Å²) in [7, 11) is 0. The number of hydrogen-bond donors (Lipinski definition) is 3. The Kier molecular flexibility index (Phi) is 7.80. The van der Waals surface area contributed by atoms with Crippen molar-refractivity contribution in [3.05, 3.63) is 0 Å². The zero-order valence-electron chi connectivity index (χ0n) is 9.95. The van der Waals surface area contributed by atoms with Gasteiger partial charge in [-0.05, 0) is 31.8 Å². The Labute approximate surface area is 100 Å². The number of urea groups is 1. The molecule has 0 heterocycles. The van der Waals surface area contributed by atoms with Crippen molar-refractivity contribution in [1.29, 1.82) is 0 Å². The third kappa shape index (κ3) is 6.55. The van der Waals surface area contributed by atoms with Gasteiger partial charge in [-0.15, -0.1) is 0 Å². The largest absolute Gasteiger partial charge is 0.480 e. The van der Waals surface area contributed by atoms with Crippen LogP contribution in [-0.2, 0) is 4.79 Å². The molecule has 5 nitrogen and oxygen atoms in total. The van der Waals surface area contributed by atoms with Gasteiger partial charge in [-0.1, -0.05) is 6.92 Å². The second-order valence-electron chi connectivity index (χ2n) is 3.60. The molecule has 2 atom stereocenters. The molecule has 0 radical (unpaired) electrons. The van der Waals surface area contributed by atoms with Gasteiger partial charge in [0, 0.05) is 6.04 Å². The van der Waals surface area contributed by atoms with Gasteiger partial charge in [-0.2, -0.15) is 11.8 Å². The standard InChI is InChI=1S/C10H20N2O3S/c1-4-8(9(13)14)12-10(15)11-7(2)5-6-16-3/h7-8H,4-6H2,1-3H3,(H,13,14)(H2,11,12,15). The van der Waals surface area contributed by atoms with Crippen LogP contribution in [-0.4, -0.2) is 41.2 Å². The average molecular weight is 248 g/mol. The van der Waals surface area contributed by atoms with Gasteiger partial charge in [-0.25, -0.2) is 9.59 Å². The molecule has 2 amide bonds. The Balaban J connectivity index is 3.92. The number of thioether (sulfide) groups is 1. The first-order chi connectivity index (χ1) is 7.51. The lowest BCUT2D eigenvalue weighted by atomic mass is 10.2. The number of carbonyl (C=O) groups excluding carboxylic acids is 1. The Hall–Kier alpha value is -0.910. The number of carbonyl (C=O) groups is 2. The molecule has 6 heteroatoms. The SMILES string of the molecule is CCC(NC(=O)NC(C)CCSC)C(=O)O. The maximum atomic E-state index is 11.4. The minimum Gasteiger partial charge on any atom is -0.480 e. The molecule has 0 aromatic heterocycles. The van der Waals surface area contributed by atoms with Crippen LogP contribution in [0.15, 0.2) is 0 Å². The molecule has 0 saturated heterocycles. The third-order valence-electron chi connectivity index (χ3n) is 2.14. The summed E-state index contributed by atoms with van der Waals surface area (Å²) in [5.41, 5.74) is 0. The summed E-state index contributed by atoms with van der Waals surface area (Å²) in [6.45, 7) is 3.62. The normalized spacial score (nSPS) is 13.9. The van der Waals surface area contributed by atoms with Crippen LogP contribution in [0.2, 0.25) is 0 Å². The maximum absolute atomic E-state index is 11.4. The fourth-order valence-corrected chi connectivity index (χ4v) is 1.72. The smallest absolute Gasteiger partial charge is 0.326 e. The highest BCUT2D eigenvalue weighted by Gasteiger charge is 2.17. The first-order valence-corrected chi connectivity index (χ1v) is 6.69. The Bertz CT molecular complexity index is 236. The summed E-state index contributed by atoms with van der Waals surface area (Å²) >= 11 is 1.71. The molecule has 0 bridgehead atoms. The number of aliphatic carboxylic acids is 1. The second kappa shape index (κ2) is 8.27. The molecule has 0 spiro atoms. The summed E-state index contributed by atoms with van der Waals surface area (Å²) < 4.78 is 0. The molecule has 0 aliphatic rings. The van der Waals surface area contributed by atoms with Gasteiger partial charge in [-0.3, -0.25) is 0 Å². The molecule has 0 aliphatic carbocycles. The van der Waals surface area contributed by atoms with Crippen molar-refractivity contribution in [1.82, 2.24) is 10.6 Å². The molecule has 94 valence electrons. The van der Waals surface area contributed by atoms with Gasteiger partial charge in [0.1, 0.15) is 6.04 Å². The highest BCUT2D eigenvalue weighted by Crippen LogP contribution is 1.99. The summed E-state index contributed by atoms with van der Waals surface area (Å²) in [6.07, 6.45) is 3.25. The van der Waals surface area contributed by atoms with E-state index in [1.807, 2.05) is 13.2 Å². The van der Waals surface area contributed by atoms with Crippen LogP contribution in [0, 0.1) is 0 Å². The van der Waals surface area contributed by atoms with Crippen molar-refractivity contribution in [2.24, 2.45) is 0 Å². The average Bonchev–Trinajstić information content (AvgIpc) is 2.22. The predicted molar refractivity (Wildman–Crippen MR) is 65.8 cm³/mol. The minimum absolute atomic E-state index is 0.0544. The molecule has 0 aromatic carbocycles. The Morgan fingerprint density at radius 1 is 1.38 bits per heavy atom. The lowest BCUT2D eigenvalue weighted by Gasteiger charge is -2.17. The van der Waals surface area contributed by atoms with Gasteiger partial charge in [0.15, 0.2) is 0 Å². The molecular weight excluding hydrogens is 228 g/mol. The van der Waals surface area contributed by atoms with Crippen LogP contribution < -0.4 is 10.6 Å². The van der Waals surface area contributed by atoms with Crippen LogP contribution in [0.1, 0.15) is 26.7 Å². The summed E-state index contributed by atoms with van der Waals surface area (Å²) in [5, 5.41) is 13.9. The van der Waals surface area contributed by atoms with E-state index in [2.05, 4.69) is 10.6 Å². The second-order valence-corrected chi connectivity index (χ2v) is 4.58. The summed E-state index contributed by atoms with van der Waals surface area (Å²) in [4.78, 5) is 22.1. The first kappa shape index (κ1) is 15.1. The van der Waals surface area contributed by atoms with Crippen molar-refractivity contribution in [2.75, 3.05) is 12.0 Å². The third-order valence-corrected chi connectivity index (χ3v) is 2.79. The number of rotatable bonds is 7. The van der Waals surface area contributed by atoms with Crippen molar-refractivity contribution in [3.8, 4) is 0 Å². The fraction of sp³-hybridized carbons (Fsp3) is 0.800. The molecule has 2 unspecified atom stereocenters. The molecular formula is C10H20N2O3S. The van der Waals surface area contributed by atoms with E-state index in [0.29, 0.717) is 6.42 Å². The molecule has 16 heavy (non-hydrogen) atoms. The molecule has 0 fully saturated rings. The number of hydrogen-bond acceptors (Lipinski definition) is 3. The van der Waals surface area contributed by atoms with Crippen LogP contribution in [0.5, 0.6) is 0 Å². The van der Waals surface area contributed by atoms with Crippen LogP contribution in [0.25, 0.3) is 0 Å². The first-order valence-electron chi connectivity index (χ1n) is 5.30. The van der Waals surface area contributed by atoms with E-state index in [9.17, 15) is 9.59 Å². The fourth-order valence-electron chi connectivity index (χ4n) is 1.13. The van der Waals surface area contributed by atoms with E-state index in [1.165, 1.54) is 0 Å². The van der Waals surface area contributed by atoms with E-state index in [1.54, 1.807) is 18.7 Å². The highest BCUT2D eigenvalue weighted by molar-refractivity contribution is 7.98. The lowest BCUT2D eigenvalue weighted by Crippen LogP contribution is -2.48. The van der Waals surface area contributed by atoms with Gasteiger partial charge in [0.25, 0.3) is 0 Å². The van der Waals surface area contributed by atoms with Crippen molar-refractivity contribution in [2.45, 2.75) is 38.8 Å². The van der Waals surface area contributed by atoms with Gasteiger partial charge in [0.2, 0.25) is 0 Å². The minimum atomic E-state index is -1.01. The van der Waals surface area contributed by atoms with Gasteiger partial charge < -0.3 is 15.7 Å². The molecule has 0 rings (SSSR count). The van der Waals surface area contributed by atoms with Gasteiger partial charge >= 0.3 is 12.0 Å². The van der Waals surface area contributed by atoms with Crippen LogP contribution >= 0.6 is 11.8 Å². The molecule has 3 N–H and O–H groups in total. The van der Waals surface area contributed by atoms with E-state index >= 15 is 0 Å². The molecule has 0 saturated carbocycles. The zero-order valence-corrected chi connectivity index (χ0v) is 10.8. The summed E-state index contributed by atoms with van der Waals surface area (Å²) in [5.74, 6) is -0.0353. The van der Waals surface area contributed by atoms with Gasteiger partial charge in [0.05, 0.1) is 0 Å². The van der Waals surface area contributed by atoms with E-state index in [-0.39, 0.29) is 6.04 Å². The Morgan fingerprint density at radius 3 is 2.44 bits per heavy atom. The number of amides is 2. The van der Waals surface area contributed by atoms with Crippen LogP contribution in [0.3, 0.4) is 0 Å². The van der Waals surface area contributed by atoms with Crippen molar-refractivity contribution >= 4 is 23.8 Å². The Morgan fingerprint density at radius 2 is 2.00 bits per heavy atom. The molecule has 0 aliphatic heterocycles. The zero-order chi connectivity index (χ0) is 12.6. The van der Waals surface area contributed by atoms with E-state index < -0.39 is 18.0 Å².